The van der Waals surface area contributed by atoms with E-state index in [0.717, 1.165) is 0 Å². The lowest BCUT2D eigenvalue weighted by Crippen LogP contribution is -2.26. The zero-order valence-corrected chi connectivity index (χ0v) is 11.0. The molecule has 0 radical (unpaired) electrons. The van der Waals surface area contributed by atoms with E-state index in [0.29, 0.717) is 11.4 Å². The van der Waals surface area contributed by atoms with Crippen LogP contribution in [0.4, 0.5) is 4.39 Å². The second-order valence-electron chi connectivity index (χ2n) is 3.78. The monoisotopic (exact) mass is 295 g/mol. The van der Waals surface area contributed by atoms with Gasteiger partial charge in [-0.15, -0.1) is 11.3 Å². The molecule has 0 aromatic carbocycles. The molecule has 0 aliphatic rings. The summed E-state index contributed by atoms with van der Waals surface area (Å²) >= 11 is 1.20. The molecule has 0 bridgehead atoms. The molecule has 1 amide bonds. The van der Waals surface area contributed by atoms with Crippen LogP contribution in [-0.2, 0) is 6.42 Å². The van der Waals surface area contributed by atoms with Crippen LogP contribution in [0.25, 0.3) is 0 Å². The summed E-state index contributed by atoms with van der Waals surface area (Å²) in [5, 5.41) is 13.3. The summed E-state index contributed by atoms with van der Waals surface area (Å²) in [6.07, 6.45) is 1.64. The summed E-state index contributed by atoms with van der Waals surface area (Å²) < 4.78 is 13.2. The Kier molecular flexibility index (Phi) is 4.36. The van der Waals surface area contributed by atoms with Crippen molar-refractivity contribution in [2.75, 3.05) is 6.54 Å². The molecule has 0 saturated carbocycles. The quantitative estimate of drug-likeness (QED) is 0.812. The van der Waals surface area contributed by atoms with Gasteiger partial charge in [-0.25, -0.2) is 14.8 Å². The summed E-state index contributed by atoms with van der Waals surface area (Å²) in [6.45, 7) is 0.236. The van der Waals surface area contributed by atoms with E-state index >= 15 is 0 Å². The molecule has 0 unspecified atom stereocenters. The highest BCUT2D eigenvalue weighted by molar-refractivity contribution is 7.09. The Balaban J connectivity index is 1.88. The molecular formula is C12H10FN3O3S. The summed E-state index contributed by atoms with van der Waals surface area (Å²) in [5.74, 6) is -2.48. The first-order valence-electron chi connectivity index (χ1n) is 5.64. The van der Waals surface area contributed by atoms with Crippen LogP contribution < -0.4 is 5.32 Å². The molecule has 8 heteroatoms. The summed E-state index contributed by atoms with van der Waals surface area (Å²) in [6, 6.07) is 2.81. The highest BCUT2D eigenvalue weighted by atomic mass is 32.1. The topological polar surface area (TPSA) is 92.2 Å². The molecule has 0 atom stereocenters. The van der Waals surface area contributed by atoms with Crippen LogP contribution in [0, 0.1) is 5.95 Å². The van der Waals surface area contributed by atoms with Gasteiger partial charge in [-0.3, -0.25) is 4.79 Å². The largest absolute Gasteiger partial charge is 0.476 e. The summed E-state index contributed by atoms with van der Waals surface area (Å²) in [4.78, 5) is 29.6. The van der Waals surface area contributed by atoms with Crippen LogP contribution >= 0.6 is 11.3 Å². The Morgan fingerprint density at radius 2 is 2.25 bits per heavy atom. The maximum Gasteiger partial charge on any atom is 0.355 e. The molecule has 2 rings (SSSR count). The molecule has 2 N–H and O–H groups in total. The molecule has 0 aliphatic heterocycles. The molecular weight excluding hydrogens is 285 g/mol. The highest BCUT2D eigenvalue weighted by Crippen LogP contribution is 2.10. The lowest BCUT2D eigenvalue weighted by atomic mass is 10.2. The first kappa shape index (κ1) is 14.1. The fraction of sp³-hybridized carbons (Fsp3) is 0.167. The van der Waals surface area contributed by atoms with E-state index in [9.17, 15) is 14.0 Å². The van der Waals surface area contributed by atoms with Crippen molar-refractivity contribution in [1.29, 1.82) is 0 Å². The molecule has 104 valence electrons. The number of rotatable bonds is 5. The SMILES string of the molecule is O=C(O)c1csc(CCNC(=O)c2cccnc2F)n1. The maximum absolute atomic E-state index is 13.2. The number of nitrogens with one attached hydrogen (secondary N) is 1. The van der Waals surface area contributed by atoms with Crippen LogP contribution in [-0.4, -0.2) is 33.5 Å². The lowest BCUT2D eigenvalue weighted by molar-refractivity contribution is 0.0690. The average molecular weight is 295 g/mol. The highest BCUT2D eigenvalue weighted by Gasteiger charge is 2.12. The molecule has 2 aromatic heterocycles. The maximum atomic E-state index is 13.2. The Hall–Kier alpha value is -2.35. The van der Waals surface area contributed by atoms with E-state index in [4.69, 9.17) is 5.11 Å². The number of halogens is 1. The molecule has 0 spiro atoms. The first-order valence-corrected chi connectivity index (χ1v) is 6.52. The van der Waals surface area contributed by atoms with E-state index in [1.807, 2.05) is 0 Å². The Morgan fingerprint density at radius 3 is 2.90 bits per heavy atom. The Labute approximate surface area is 117 Å². The van der Waals surface area contributed by atoms with Crippen molar-refractivity contribution in [1.82, 2.24) is 15.3 Å². The second-order valence-corrected chi connectivity index (χ2v) is 4.72. The standard InChI is InChI=1S/C12H10FN3O3S/c13-10-7(2-1-4-14-10)11(17)15-5-3-9-16-8(6-20-9)12(18)19/h1-2,4,6H,3,5H2,(H,15,17)(H,18,19). The molecule has 0 saturated heterocycles. The van der Waals surface area contributed by atoms with Crippen molar-refractivity contribution in [2.24, 2.45) is 0 Å². The number of hydrogen-bond acceptors (Lipinski definition) is 5. The van der Waals surface area contributed by atoms with Crippen LogP contribution in [0.5, 0.6) is 0 Å². The molecule has 0 aliphatic carbocycles. The van der Waals surface area contributed by atoms with Crippen LogP contribution in [0.1, 0.15) is 25.9 Å². The average Bonchev–Trinajstić information content (AvgIpc) is 2.88. The number of hydrogen-bond donors (Lipinski definition) is 2. The minimum Gasteiger partial charge on any atom is -0.476 e. The zero-order valence-electron chi connectivity index (χ0n) is 10.2. The van der Waals surface area contributed by atoms with Gasteiger partial charge >= 0.3 is 5.97 Å². The number of nitrogens with zero attached hydrogens (tertiary/aromatic N) is 2. The van der Waals surface area contributed by atoms with Crippen molar-refractivity contribution in [3.8, 4) is 0 Å². The minimum absolute atomic E-state index is 0.0189. The number of carbonyl (C=O) groups is 2. The van der Waals surface area contributed by atoms with E-state index in [-0.39, 0.29) is 17.8 Å². The number of carboxylic acid groups (broad SMARTS) is 1. The van der Waals surface area contributed by atoms with Gasteiger partial charge in [-0.1, -0.05) is 0 Å². The minimum atomic E-state index is -1.09. The molecule has 0 fully saturated rings. The van der Waals surface area contributed by atoms with Gasteiger partial charge in [0, 0.05) is 24.5 Å². The Morgan fingerprint density at radius 1 is 1.45 bits per heavy atom. The predicted octanol–water partition coefficient (Wildman–Crippen LogP) is 1.35. The van der Waals surface area contributed by atoms with Gasteiger partial charge in [0.15, 0.2) is 5.69 Å². The van der Waals surface area contributed by atoms with Gasteiger partial charge in [0.05, 0.1) is 10.6 Å². The number of carboxylic acids is 1. The fourth-order valence-electron chi connectivity index (χ4n) is 1.46. The second kappa shape index (κ2) is 6.20. The zero-order chi connectivity index (χ0) is 14.5. The van der Waals surface area contributed by atoms with Gasteiger partial charge in [-0.05, 0) is 12.1 Å². The normalized spacial score (nSPS) is 10.2. The number of thiazole rings is 1. The lowest BCUT2D eigenvalue weighted by Gasteiger charge is -2.04. The Bertz CT molecular complexity index is 644. The third-order valence-corrected chi connectivity index (χ3v) is 3.31. The fourth-order valence-corrected chi connectivity index (χ4v) is 2.23. The number of pyridine rings is 1. The van der Waals surface area contributed by atoms with Crippen molar-refractivity contribution >= 4 is 23.2 Å². The van der Waals surface area contributed by atoms with Gasteiger partial charge in [0.1, 0.15) is 0 Å². The van der Waals surface area contributed by atoms with Gasteiger partial charge < -0.3 is 10.4 Å². The predicted molar refractivity (Wildman–Crippen MR) is 69.3 cm³/mol. The van der Waals surface area contributed by atoms with E-state index in [2.05, 4.69) is 15.3 Å². The number of amides is 1. The van der Waals surface area contributed by atoms with Crippen LogP contribution in [0.2, 0.25) is 0 Å². The van der Waals surface area contributed by atoms with Gasteiger partial charge in [0.2, 0.25) is 5.95 Å². The van der Waals surface area contributed by atoms with Gasteiger partial charge in [-0.2, -0.15) is 4.39 Å². The van der Waals surface area contributed by atoms with E-state index in [1.54, 1.807) is 0 Å². The smallest absolute Gasteiger partial charge is 0.355 e. The van der Waals surface area contributed by atoms with Crippen LogP contribution in [0.15, 0.2) is 23.7 Å². The van der Waals surface area contributed by atoms with Gasteiger partial charge in [0.25, 0.3) is 5.91 Å². The number of aromatic nitrogens is 2. The molecule has 2 aromatic rings. The van der Waals surface area contributed by atoms with Crippen molar-refractivity contribution < 1.29 is 19.1 Å². The van der Waals surface area contributed by atoms with E-state index in [1.165, 1.54) is 35.0 Å². The molecule has 2 heterocycles. The third-order valence-electron chi connectivity index (χ3n) is 2.40. The first-order chi connectivity index (χ1) is 9.58. The third kappa shape index (κ3) is 3.35. The summed E-state index contributed by atoms with van der Waals surface area (Å²) in [7, 11) is 0. The molecule has 6 nitrogen and oxygen atoms in total. The molecule has 20 heavy (non-hydrogen) atoms. The number of aromatic carboxylic acids is 1. The van der Waals surface area contributed by atoms with Crippen molar-refractivity contribution in [3.05, 3.63) is 45.9 Å². The van der Waals surface area contributed by atoms with E-state index < -0.39 is 17.8 Å². The summed E-state index contributed by atoms with van der Waals surface area (Å²) in [5.41, 5.74) is -0.146. The van der Waals surface area contributed by atoms with Crippen molar-refractivity contribution in [3.63, 3.8) is 0 Å². The van der Waals surface area contributed by atoms with Crippen molar-refractivity contribution in [2.45, 2.75) is 6.42 Å². The van der Waals surface area contributed by atoms with Crippen LogP contribution in [0.3, 0.4) is 0 Å². The number of carbonyl (C=O) groups excluding carboxylic acids is 1.